The normalized spacial score (nSPS) is 11.1. The first-order chi connectivity index (χ1) is 16.1. The molecular weight excluding hydrogens is 426 g/mol. The van der Waals surface area contributed by atoms with Crippen molar-refractivity contribution in [3.05, 3.63) is 18.2 Å². The fraction of sp³-hybridized carbons (Fsp3) is 0.750. The van der Waals surface area contributed by atoms with E-state index in [0.29, 0.717) is 80.0 Å². The molecule has 9 heteroatoms. The molecule has 0 amide bonds. The highest BCUT2D eigenvalue weighted by molar-refractivity contribution is 5.69. The molecule has 0 aliphatic rings. The predicted molar refractivity (Wildman–Crippen MR) is 133 cm³/mol. The maximum absolute atomic E-state index is 5.73. The number of hydrogen-bond donors (Lipinski definition) is 0. The predicted octanol–water partition coefficient (Wildman–Crippen LogP) is 4.07. The van der Waals surface area contributed by atoms with Gasteiger partial charge >= 0.3 is 0 Å². The van der Waals surface area contributed by atoms with E-state index in [4.69, 9.17) is 28.4 Å². The maximum Gasteiger partial charge on any atom is 0.120 e. The number of nitrogens with zero attached hydrogens (tertiary/aromatic N) is 3. The third-order valence-corrected chi connectivity index (χ3v) is 4.69. The van der Waals surface area contributed by atoms with Gasteiger partial charge in [0.2, 0.25) is 0 Å². The molecule has 1 aromatic carbocycles. The first kappa shape index (κ1) is 29.4. The minimum Gasteiger partial charge on any atom is -0.361 e. The van der Waals surface area contributed by atoms with Gasteiger partial charge in [-0.2, -0.15) is 0 Å². The molecule has 192 valence electrons. The summed E-state index contributed by atoms with van der Waals surface area (Å²) in [4.78, 5) is 6.21. The van der Waals surface area contributed by atoms with E-state index in [1.54, 1.807) is 0 Å². The van der Waals surface area contributed by atoms with Crippen LogP contribution in [0.5, 0.6) is 0 Å². The van der Waals surface area contributed by atoms with Crippen LogP contribution in [0.4, 0.5) is 17.1 Å². The van der Waals surface area contributed by atoms with Gasteiger partial charge in [0, 0.05) is 56.7 Å². The first-order valence-corrected chi connectivity index (χ1v) is 12.0. The maximum atomic E-state index is 5.73. The standard InChI is InChI=1S/C24H45N3O6/c1-7-28-16-25(17-29-8-2)22-13-23(26(18-30-9-3)19-31-10-4)15-24(14-22)27(20-32-11-5)21-33-12-6/h13-15H,7-12,16-21H2,1-6H3. The molecule has 33 heavy (non-hydrogen) atoms. The molecule has 0 aliphatic carbocycles. The second-order valence-electron chi connectivity index (χ2n) is 7.06. The smallest absolute Gasteiger partial charge is 0.120 e. The van der Waals surface area contributed by atoms with Gasteiger partial charge in [0.25, 0.3) is 0 Å². The SMILES string of the molecule is CCOCN(COCC)c1cc(N(COCC)COCC)cc(N(COCC)COCC)c1. The van der Waals surface area contributed by atoms with Gasteiger partial charge in [0.05, 0.1) is 0 Å². The van der Waals surface area contributed by atoms with Gasteiger partial charge in [-0.25, -0.2) is 0 Å². The lowest BCUT2D eigenvalue weighted by Gasteiger charge is -2.31. The molecule has 0 atom stereocenters. The van der Waals surface area contributed by atoms with E-state index in [1.807, 2.05) is 41.5 Å². The first-order valence-electron chi connectivity index (χ1n) is 12.0. The lowest BCUT2D eigenvalue weighted by atomic mass is 10.2. The molecule has 0 heterocycles. The molecule has 9 nitrogen and oxygen atoms in total. The molecular formula is C24H45N3O6. The van der Waals surface area contributed by atoms with E-state index in [0.717, 1.165) is 17.1 Å². The minimum atomic E-state index is 0.424. The van der Waals surface area contributed by atoms with Crippen LogP contribution in [-0.2, 0) is 28.4 Å². The lowest BCUT2D eigenvalue weighted by molar-refractivity contribution is 0.0942. The zero-order valence-electron chi connectivity index (χ0n) is 21.5. The molecule has 1 rings (SSSR count). The van der Waals surface area contributed by atoms with Gasteiger partial charge in [0.1, 0.15) is 40.4 Å². The Labute approximate surface area is 200 Å². The largest absolute Gasteiger partial charge is 0.361 e. The Kier molecular flexibility index (Phi) is 16.7. The monoisotopic (exact) mass is 471 g/mol. The van der Waals surface area contributed by atoms with E-state index in [2.05, 4.69) is 32.9 Å². The Morgan fingerprint density at radius 1 is 0.394 bits per heavy atom. The van der Waals surface area contributed by atoms with E-state index < -0.39 is 0 Å². The van der Waals surface area contributed by atoms with Crippen LogP contribution in [0.1, 0.15) is 41.5 Å². The van der Waals surface area contributed by atoms with Crippen LogP contribution in [0.3, 0.4) is 0 Å². The lowest BCUT2D eigenvalue weighted by Crippen LogP contribution is -2.33. The van der Waals surface area contributed by atoms with Crippen molar-refractivity contribution >= 4 is 17.1 Å². The Balaban J connectivity index is 3.43. The van der Waals surface area contributed by atoms with Crippen molar-refractivity contribution in [3.63, 3.8) is 0 Å². The fourth-order valence-electron chi connectivity index (χ4n) is 2.90. The summed E-state index contributed by atoms with van der Waals surface area (Å²) < 4.78 is 34.4. The van der Waals surface area contributed by atoms with E-state index >= 15 is 0 Å². The van der Waals surface area contributed by atoms with Crippen LogP contribution in [0.2, 0.25) is 0 Å². The molecule has 0 saturated heterocycles. The molecule has 0 fully saturated rings. The van der Waals surface area contributed by atoms with Gasteiger partial charge < -0.3 is 43.1 Å². The van der Waals surface area contributed by atoms with Gasteiger partial charge in [-0.3, -0.25) is 0 Å². The van der Waals surface area contributed by atoms with Gasteiger partial charge in [-0.1, -0.05) is 0 Å². The van der Waals surface area contributed by atoms with Crippen molar-refractivity contribution in [2.45, 2.75) is 41.5 Å². The van der Waals surface area contributed by atoms with Crippen LogP contribution in [0, 0.1) is 0 Å². The molecule has 1 aromatic rings. The fourth-order valence-corrected chi connectivity index (χ4v) is 2.90. The molecule has 0 radical (unpaired) electrons. The van der Waals surface area contributed by atoms with Crippen molar-refractivity contribution < 1.29 is 28.4 Å². The van der Waals surface area contributed by atoms with Crippen LogP contribution in [0.25, 0.3) is 0 Å². The summed E-state index contributed by atoms with van der Waals surface area (Å²) in [6, 6.07) is 6.33. The topological polar surface area (TPSA) is 65.1 Å². The second-order valence-corrected chi connectivity index (χ2v) is 7.06. The number of rotatable bonds is 21. The molecule has 0 bridgehead atoms. The average molecular weight is 472 g/mol. The van der Waals surface area contributed by atoms with Crippen LogP contribution < -0.4 is 14.7 Å². The van der Waals surface area contributed by atoms with Gasteiger partial charge in [-0.05, 0) is 59.7 Å². The summed E-state index contributed by atoms with van der Waals surface area (Å²) in [6.45, 7) is 18.2. The number of benzene rings is 1. The van der Waals surface area contributed by atoms with Gasteiger partial charge in [0.15, 0.2) is 0 Å². The Hall–Kier alpha value is -1.62. The Morgan fingerprint density at radius 2 is 0.576 bits per heavy atom. The quantitative estimate of drug-likeness (QED) is 0.247. The van der Waals surface area contributed by atoms with Crippen molar-refractivity contribution in [1.29, 1.82) is 0 Å². The van der Waals surface area contributed by atoms with Crippen LogP contribution >= 0.6 is 0 Å². The second kappa shape index (κ2) is 18.8. The highest BCUT2D eigenvalue weighted by atomic mass is 16.5. The Morgan fingerprint density at radius 3 is 0.727 bits per heavy atom. The number of hydrogen-bond acceptors (Lipinski definition) is 9. The summed E-state index contributed by atoms with van der Waals surface area (Å²) in [6.07, 6.45) is 0. The van der Waals surface area contributed by atoms with Crippen LogP contribution in [-0.4, -0.2) is 80.0 Å². The molecule has 0 N–H and O–H groups in total. The number of ether oxygens (including phenoxy) is 6. The van der Waals surface area contributed by atoms with Crippen molar-refractivity contribution in [1.82, 2.24) is 0 Å². The van der Waals surface area contributed by atoms with Crippen LogP contribution in [0.15, 0.2) is 18.2 Å². The summed E-state index contributed by atoms with van der Waals surface area (Å²) in [5, 5.41) is 0. The van der Waals surface area contributed by atoms with E-state index in [-0.39, 0.29) is 0 Å². The summed E-state index contributed by atoms with van der Waals surface area (Å²) in [7, 11) is 0. The van der Waals surface area contributed by atoms with Crippen molar-refractivity contribution in [2.75, 3.05) is 94.7 Å². The summed E-state index contributed by atoms with van der Waals surface area (Å²) >= 11 is 0. The Bertz CT molecular complexity index is 490. The zero-order chi connectivity index (χ0) is 24.3. The van der Waals surface area contributed by atoms with E-state index in [9.17, 15) is 0 Å². The minimum absolute atomic E-state index is 0.424. The highest BCUT2D eigenvalue weighted by Gasteiger charge is 2.17. The van der Waals surface area contributed by atoms with Crippen molar-refractivity contribution in [3.8, 4) is 0 Å². The van der Waals surface area contributed by atoms with Gasteiger partial charge in [-0.15, -0.1) is 0 Å². The average Bonchev–Trinajstić information content (AvgIpc) is 2.84. The molecule has 0 unspecified atom stereocenters. The highest BCUT2D eigenvalue weighted by Crippen LogP contribution is 2.31. The molecule has 0 aliphatic heterocycles. The number of anilines is 3. The summed E-state index contributed by atoms with van der Waals surface area (Å²) in [5.41, 5.74) is 2.92. The summed E-state index contributed by atoms with van der Waals surface area (Å²) in [5.74, 6) is 0. The third kappa shape index (κ3) is 11.4. The zero-order valence-corrected chi connectivity index (χ0v) is 21.5. The molecule has 0 saturated carbocycles. The van der Waals surface area contributed by atoms with E-state index in [1.165, 1.54) is 0 Å². The third-order valence-electron chi connectivity index (χ3n) is 4.69. The van der Waals surface area contributed by atoms with Crippen molar-refractivity contribution in [2.24, 2.45) is 0 Å². The molecule has 0 spiro atoms. The molecule has 0 aromatic heterocycles.